The Hall–Kier alpha value is -2.30. The molecule has 0 aliphatic rings. The Morgan fingerprint density at radius 3 is 2.38 bits per heavy atom. The van der Waals surface area contributed by atoms with E-state index < -0.39 is 11.8 Å². The molecule has 0 saturated carbocycles. The van der Waals surface area contributed by atoms with E-state index in [1.807, 2.05) is 31.2 Å². The average molecular weight is 292 g/mol. The standard InChI is InChI=1S/C16H20O5/c1-11-5-7-13(8-6-11)9-14(18)12(2)15(19)21-16(3,4)20-10-17/h5-8,10,18H,9H2,1-4H3/b14-12-. The van der Waals surface area contributed by atoms with Crippen molar-refractivity contribution in [3.8, 4) is 0 Å². The number of ether oxygens (including phenoxy) is 2. The number of aryl methyl sites for hydroxylation is 1. The SMILES string of the molecule is C/C(C(=O)OC(C)(C)OC=O)=C(/O)Cc1ccc(C)cc1. The average Bonchev–Trinajstić information content (AvgIpc) is 2.39. The third kappa shape index (κ3) is 5.30. The predicted octanol–water partition coefficient (Wildman–Crippen LogP) is 2.82. The molecule has 0 amide bonds. The van der Waals surface area contributed by atoms with Crippen LogP contribution in [0.15, 0.2) is 35.6 Å². The first-order valence-electron chi connectivity index (χ1n) is 6.54. The summed E-state index contributed by atoms with van der Waals surface area (Å²) in [6.07, 6.45) is 0.232. The summed E-state index contributed by atoms with van der Waals surface area (Å²) in [5.41, 5.74) is 2.08. The maximum absolute atomic E-state index is 11.9. The van der Waals surface area contributed by atoms with Crippen LogP contribution in [0.5, 0.6) is 0 Å². The predicted molar refractivity (Wildman–Crippen MR) is 77.5 cm³/mol. The van der Waals surface area contributed by atoms with E-state index in [1.165, 1.54) is 20.8 Å². The summed E-state index contributed by atoms with van der Waals surface area (Å²) in [4.78, 5) is 22.2. The van der Waals surface area contributed by atoms with Gasteiger partial charge in [-0.15, -0.1) is 0 Å². The highest BCUT2D eigenvalue weighted by Crippen LogP contribution is 2.16. The van der Waals surface area contributed by atoms with Crippen LogP contribution in [0.2, 0.25) is 0 Å². The lowest BCUT2D eigenvalue weighted by Gasteiger charge is -2.22. The number of rotatable bonds is 6. The lowest BCUT2D eigenvalue weighted by molar-refractivity contribution is -0.204. The fourth-order valence-electron chi connectivity index (χ4n) is 1.59. The molecule has 0 saturated heterocycles. The van der Waals surface area contributed by atoms with Crippen LogP contribution in [-0.4, -0.2) is 23.3 Å². The summed E-state index contributed by atoms with van der Waals surface area (Å²) in [6, 6.07) is 7.61. The van der Waals surface area contributed by atoms with E-state index in [0.29, 0.717) is 0 Å². The summed E-state index contributed by atoms with van der Waals surface area (Å²) in [7, 11) is 0. The maximum atomic E-state index is 11.9. The molecule has 1 aromatic carbocycles. The Kier molecular flexibility index (Phi) is 5.52. The van der Waals surface area contributed by atoms with Crippen LogP contribution in [0.25, 0.3) is 0 Å². The molecule has 0 heterocycles. The van der Waals surface area contributed by atoms with Gasteiger partial charge in [0.05, 0.1) is 5.57 Å². The Labute approximate surface area is 124 Å². The van der Waals surface area contributed by atoms with Crippen molar-refractivity contribution in [2.24, 2.45) is 0 Å². The summed E-state index contributed by atoms with van der Waals surface area (Å²) in [5, 5.41) is 10.0. The summed E-state index contributed by atoms with van der Waals surface area (Å²) >= 11 is 0. The second-order valence-corrected chi connectivity index (χ2v) is 5.24. The molecule has 0 unspecified atom stereocenters. The van der Waals surface area contributed by atoms with Gasteiger partial charge in [0, 0.05) is 20.3 Å². The molecule has 0 atom stereocenters. The lowest BCUT2D eigenvalue weighted by Crippen LogP contribution is -2.31. The van der Waals surface area contributed by atoms with Crippen LogP contribution in [0.4, 0.5) is 0 Å². The van der Waals surface area contributed by atoms with Crippen LogP contribution in [0.3, 0.4) is 0 Å². The van der Waals surface area contributed by atoms with E-state index in [4.69, 9.17) is 4.74 Å². The largest absolute Gasteiger partial charge is 0.511 e. The molecule has 21 heavy (non-hydrogen) atoms. The first-order chi connectivity index (χ1) is 9.75. The third-order valence-corrected chi connectivity index (χ3v) is 2.90. The van der Waals surface area contributed by atoms with Crippen LogP contribution in [0.1, 0.15) is 31.9 Å². The van der Waals surface area contributed by atoms with Gasteiger partial charge < -0.3 is 14.6 Å². The van der Waals surface area contributed by atoms with Crippen molar-refractivity contribution in [1.82, 2.24) is 0 Å². The van der Waals surface area contributed by atoms with E-state index >= 15 is 0 Å². The van der Waals surface area contributed by atoms with Gasteiger partial charge in [-0.3, -0.25) is 4.79 Å². The zero-order chi connectivity index (χ0) is 16.0. The number of aliphatic hydroxyl groups excluding tert-OH is 1. The number of carbonyl (C=O) groups is 2. The number of aliphatic hydroxyl groups is 1. The first kappa shape index (κ1) is 16.8. The molecule has 1 N–H and O–H groups in total. The third-order valence-electron chi connectivity index (χ3n) is 2.90. The minimum Gasteiger partial charge on any atom is -0.511 e. The second-order valence-electron chi connectivity index (χ2n) is 5.24. The van der Waals surface area contributed by atoms with Crippen LogP contribution in [-0.2, 0) is 25.5 Å². The minimum atomic E-state index is -1.37. The Balaban J connectivity index is 2.78. The van der Waals surface area contributed by atoms with Gasteiger partial charge in [-0.2, -0.15) is 0 Å². The van der Waals surface area contributed by atoms with Crippen LogP contribution in [0, 0.1) is 6.92 Å². The molecule has 5 nitrogen and oxygen atoms in total. The molecule has 0 aliphatic carbocycles. The second kappa shape index (κ2) is 6.92. The molecule has 0 fully saturated rings. The highest BCUT2D eigenvalue weighted by molar-refractivity contribution is 5.88. The van der Waals surface area contributed by atoms with E-state index in [-0.39, 0.29) is 24.2 Å². The lowest BCUT2D eigenvalue weighted by atomic mass is 10.1. The molecular formula is C16H20O5. The summed E-state index contributed by atoms with van der Waals surface area (Å²) in [5.74, 6) is -2.18. The topological polar surface area (TPSA) is 72.8 Å². The van der Waals surface area contributed by atoms with Gasteiger partial charge in [0.2, 0.25) is 0 Å². The van der Waals surface area contributed by atoms with Crippen molar-refractivity contribution in [3.05, 3.63) is 46.7 Å². The molecule has 0 aliphatic heterocycles. The number of carbonyl (C=O) groups excluding carboxylic acids is 2. The fraction of sp³-hybridized carbons (Fsp3) is 0.375. The maximum Gasteiger partial charge on any atom is 0.340 e. The van der Waals surface area contributed by atoms with Gasteiger partial charge in [0.1, 0.15) is 5.76 Å². The van der Waals surface area contributed by atoms with Crippen molar-refractivity contribution in [2.45, 2.75) is 39.9 Å². The Bertz CT molecular complexity index is 540. The number of esters is 1. The Morgan fingerprint density at radius 1 is 1.29 bits per heavy atom. The normalized spacial score (nSPS) is 12.4. The quantitative estimate of drug-likeness (QED) is 0.287. The zero-order valence-corrected chi connectivity index (χ0v) is 12.7. The smallest absolute Gasteiger partial charge is 0.340 e. The van der Waals surface area contributed by atoms with Gasteiger partial charge in [0.15, 0.2) is 0 Å². The van der Waals surface area contributed by atoms with Crippen LogP contribution >= 0.6 is 0 Å². The van der Waals surface area contributed by atoms with Gasteiger partial charge in [-0.25, -0.2) is 4.79 Å². The summed E-state index contributed by atoms with van der Waals surface area (Å²) < 4.78 is 9.64. The number of allylic oxidation sites excluding steroid dienone is 1. The molecule has 0 aromatic heterocycles. The van der Waals surface area contributed by atoms with Crippen molar-refractivity contribution in [2.75, 3.05) is 0 Å². The fourth-order valence-corrected chi connectivity index (χ4v) is 1.59. The van der Waals surface area contributed by atoms with Crippen molar-refractivity contribution >= 4 is 12.4 Å². The van der Waals surface area contributed by atoms with Crippen molar-refractivity contribution in [3.63, 3.8) is 0 Å². The van der Waals surface area contributed by atoms with E-state index in [9.17, 15) is 14.7 Å². The molecule has 0 radical (unpaired) electrons. The Morgan fingerprint density at radius 2 is 1.86 bits per heavy atom. The number of hydrogen-bond donors (Lipinski definition) is 1. The van der Waals surface area contributed by atoms with Crippen molar-refractivity contribution in [1.29, 1.82) is 0 Å². The van der Waals surface area contributed by atoms with Gasteiger partial charge in [0.25, 0.3) is 12.3 Å². The molecule has 1 aromatic rings. The van der Waals surface area contributed by atoms with Gasteiger partial charge >= 0.3 is 5.97 Å². The number of benzene rings is 1. The molecular weight excluding hydrogens is 272 g/mol. The monoisotopic (exact) mass is 292 g/mol. The van der Waals surface area contributed by atoms with E-state index in [0.717, 1.165) is 11.1 Å². The van der Waals surface area contributed by atoms with Gasteiger partial charge in [-0.05, 0) is 19.4 Å². The minimum absolute atomic E-state index is 0.0780. The first-order valence-corrected chi connectivity index (χ1v) is 6.54. The van der Waals surface area contributed by atoms with E-state index in [2.05, 4.69) is 4.74 Å². The highest BCUT2D eigenvalue weighted by Gasteiger charge is 2.26. The van der Waals surface area contributed by atoms with Gasteiger partial charge in [-0.1, -0.05) is 29.8 Å². The number of hydrogen-bond acceptors (Lipinski definition) is 5. The summed E-state index contributed by atoms with van der Waals surface area (Å²) in [6.45, 7) is 6.51. The molecule has 1 rings (SSSR count). The van der Waals surface area contributed by atoms with Crippen LogP contribution < -0.4 is 0 Å². The zero-order valence-electron chi connectivity index (χ0n) is 12.7. The molecule has 0 bridgehead atoms. The molecule has 5 heteroatoms. The molecule has 114 valence electrons. The molecule has 0 spiro atoms. The van der Waals surface area contributed by atoms with Crippen molar-refractivity contribution < 1.29 is 24.2 Å². The highest BCUT2D eigenvalue weighted by atomic mass is 16.7. The van der Waals surface area contributed by atoms with E-state index in [1.54, 1.807) is 0 Å².